The Morgan fingerprint density at radius 2 is 1.71 bits per heavy atom. The minimum atomic E-state index is -0.570. The molecule has 2 aliphatic heterocycles. The molecule has 1 aliphatic carbocycles. The maximum Gasteiger partial charge on any atom is 0.242 e. The number of carbonyl (C=O) groups is 1. The van der Waals surface area contributed by atoms with Crippen molar-refractivity contribution in [2.24, 2.45) is 11.7 Å². The van der Waals surface area contributed by atoms with Gasteiger partial charge in [-0.2, -0.15) is 0 Å². The molecular formula is C17H33Cl2N3O2. The fourth-order valence-corrected chi connectivity index (χ4v) is 4.26. The van der Waals surface area contributed by atoms with Gasteiger partial charge >= 0.3 is 0 Å². The van der Waals surface area contributed by atoms with Gasteiger partial charge < -0.3 is 15.4 Å². The zero-order chi connectivity index (χ0) is 15.4. The first kappa shape index (κ1) is 22.0. The standard InChI is InChI=1S/C17H31N3O2.2ClH/c18-17(6-2-1-3-7-17)16(21)20-8-4-5-15(14-20)13-19-9-11-22-12-10-19;;/h15H,1-14,18H2;2*1H. The monoisotopic (exact) mass is 381 g/mol. The molecule has 0 aromatic rings. The van der Waals surface area contributed by atoms with Crippen molar-refractivity contribution in [1.29, 1.82) is 0 Å². The lowest BCUT2D eigenvalue weighted by Gasteiger charge is -2.41. The van der Waals surface area contributed by atoms with Crippen LogP contribution in [0.5, 0.6) is 0 Å². The zero-order valence-corrected chi connectivity index (χ0v) is 16.2. The summed E-state index contributed by atoms with van der Waals surface area (Å²) >= 11 is 0. The van der Waals surface area contributed by atoms with Gasteiger partial charge in [0.05, 0.1) is 18.8 Å². The summed E-state index contributed by atoms with van der Waals surface area (Å²) < 4.78 is 5.42. The van der Waals surface area contributed by atoms with Gasteiger partial charge in [0.15, 0.2) is 0 Å². The number of hydrogen-bond acceptors (Lipinski definition) is 4. The quantitative estimate of drug-likeness (QED) is 0.812. The molecule has 1 unspecified atom stereocenters. The molecule has 0 spiro atoms. The second kappa shape index (κ2) is 10.2. The van der Waals surface area contributed by atoms with Crippen LogP contribution in [0.15, 0.2) is 0 Å². The lowest BCUT2D eigenvalue weighted by atomic mass is 9.81. The number of carbonyl (C=O) groups excluding carboxylic acids is 1. The zero-order valence-electron chi connectivity index (χ0n) is 14.6. The number of morpholine rings is 1. The molecule has 1 atom stereocenters. The summed E-state index contributed by atoms with van der Waals surface area (Å²) in [5.74, 6) is 0.821. The van der Waals surface area contributed by atoms with E-state index in [4.69, 9.17) is 10.5 Å². The Balaban J connectivity index is 0.00000144. The highest BCUT2D eigenvalue weighted by molar-refractivity contribution is 5.86. The van der Waals surface area contributed by atoms with E-state index < -0.39 is 5.54 Å². The van der Waals surface area contributed by atoms with E-state index in [2.05, 4.69) is 9.80 Å². The smallest absolute Gasteiger partial charge is 0.242 e. The summed E-state index contributed by atoms with van der Waals surface area (Å²) in [5.41, 5.74) is 5.87. The summed E-state index contributed by atoms with van der Waals surface area (Å²) in [4.78, 5) is 17.4. The maximum atomic E-state index is 12.9. The topological polar surface area (TPSA) is 58.8 Å². The van der Waals surface area contributed by atoms with Gasteiger partial charge in [0.25, 0.3) is 0 Å². The lowest BCUT2D eigenvalue weighted by molar-refractivity contribution is -0.140. The van der Waals surface area contributed by atoms with Crippen LogP contribution in [0.25, 0.3) is 0 Å². The summed E-state index contributed by atoms with van der Waals surface area (Å²) in [5, 5.41) is 0. The Morgan fingerprint density at radius 1 is 1.04 bits per heavy atom. The van der Waals surface area contributed by atoms with Gasteiger partial charge in [-0.1, -0.05) is 19.3 Å². The van der Waals surface area contributed by atoms with Crippen LogP contribution < -0.4 is 5.73 Å². The largest absolute Gasteiger partial charge is 0.379 e. The Hall–Kier alpha value is -0.0700. The molecule has 2 N–H and O–H groups in total. The van der Waals surface area contributed by atoms with Crippen LogP contribution in [0.4, 0.5) is 0 Å². The third-order valence-corrected chi connectivity index (χ3v) is 5.60. The Labute approximate surface area is 158 Å². The molecule has 1 amide bonds. The van der Waals surface area contributed by atoms with Crippen molar-refractivity contribution in [3.63, 3.8) is 0 Å². The maximum absolute atomic E-state index is 12.9. The molecule has 3 rings (SSSR count). The van der Waals surface area contributed by atoms with Crippen LogP contribution in [-0.2, 0) is 9.53 Å². The van der Waals surface area contributed by atoms with Crippen molar-refractivity contribution in [3.8, 4) is 0 Å². The molecular weight excluding hydrogens is 349 g/mol. The van der Waals surface area contributed by atoms with Crippen molar-refractivity contribution in [2.45, 2.75) is 50.5 Å². The number of piperidine rings is 1. The second-order valence-electron chi connectivity index (χ2n) is 7.39. The molecule has 3 fully saturated rings. The Kier molecular flexibility index (Phi) is 9.31. The van der Waals surface area contributed by atoms with E-state index in [-0.39, 0.29) is 30.7 Å². The number of nitrogens with zero attached hydrogens (tertiary/aromatic N) is 2. The van der Waals surface area contributed by atoms with Crippen molar-refractivity contribution in [3.05, 3.63) is 0 Å². The summed E-state index contributed by atoms with van der Waals surface area (Å²) in [6.45, 7) is 6.66. The van der Waals surface area contributed by atoms with E-state index in [1.165, 1.54) is 12.8 Å². The second-order valence-corrected chi connectivity index (χ2v) is 7.39. The first-order valence-electron chi connectivity index (χ1n) is 9.06. The van der Waals surface area contributed by atoms with Gasteiger partial charge in [0.2, 0.25) is 5.91 Å². The molecule has 24 heavy (non-hydrogen) atoms. The fraction of sp³-hybridized carbons (Fsp3) is 0.941. The third-order valence-electron chi connectivity index (χ3n) is 5.60. The summed E-state index contributed by atoms with van der Waals surface area (Å²) in [6, 6.07) is 0. The van der Waals surface area contributed by atoms with Gasteiger partial charge in [0, 0.05) is 32.7 Å². The highest BCUT2D eigenvalue weighted by Gasteiger charge is 2.39. The molecule has 0 aromatic carbocycles. The van der Waals surface area contributed by atoms with E-state index >= 15 is 0 Å². The lowest BCUT2D eigenvalue weighted by Crippen LogP contribution is -2.58. The number of amides is 1. The molecule has 7 heteroatoms. The van der Waals surface area contributed by atoms with Crippen molar-refractivity contribution in [2.75, 3.05) is 45.9 Å². The van der Waals surface area contributed by atoms with E-state index in [0.29, 0.717) is 5.92 Å². The number of likely N-dealkylation sites (tertiary alicyclic amines) is 1. The molecule has 3 aliphatic rings. The van der Waals surface area contributed by atoms with E-state index in [9.17, 15) is 4.79 Å². The molecule has 2 saturated heterocycles. The van der Waals surface area contributed by atoms with Crippen LogP contribution in [0.1, 0.15) is 44.9 Å². The van der Waals surface area contributed by atoms with Crippen LogP contribution in [-0.4, -0.2) is 67.2 Å². The number of nitrogens with two attached hydrogens (primary N) is 1. The Bertz CT molecular complexity index is 386. The van der Waals surface area contributed by atoms with Gasteiger partial charge in [-0.3, -0.25) is 9.69 Å². The number of ether oxygens (including phenoxy) is 1. The molecule has 1 saturated carbocycles. The van der Waals surface area contributed by atoms with Crippen molar-refractivity contribution < 1.29 is 9.53 Å². The molecule has 0 bridgehead atoms. The van der Waals surface area contributed by atoms with Crippen LogP contribution in [0.3, 0.4) is 0 Å². The minimum absolute atomic E-state index is 0. The Morgan fingerprint density at radius 3 is 2.38 bits per heavy atom. The van der Waals surface area contributed by atoms with Crippen LogP contribution >= 0.6 is 24.8 Å². The number of hydrogen-bond donors (Lipinski definition) is 1. The van der Waals surface area contributed by atoms with Gasteiger partial charge in [0.1, 0.15) is 0 Å². The van der Waals surface area contributed by atoms with Crippen molar-refractivity contribution >= 4 is 30.7 Å². The summed E-state index contributed by atoms with van der Waals surface area (Å²) in [7, 11) is 0. The van der Waals surface area contributed by atoms with Gasteiger partial charge in [-0.05, 0) is 31.6 Å². The van der Waals surface area contributed by atoms with Crippen molar-refractivity contribution in [1.82, 2.24) is 9.80 Å². The predicted octanol–water partition coefficient (Wildman–Crippen LogP) is 2.06. The molecule has 5 nitrogen and oxygen atoms in total. The average molecular weight is 382 g/mol. The summed E-state index contributed by atoms with van der Waals surface area (Å²) in [6.07, 6.45) is 7.54. The molecule has 0 radical (unpaired) electrons. The fourth-order valence-electron chi connectivity index (χ4n) is 4.26. The van der Waals surface area contributed by atoms with Crippen LogP contribution in [0.2, 0.25) is 0 Å². The minimum Gasteiger partial charge on any atom is -0.379 e. The average Bonchev–Trinajstić information content (AvgIpc) is 2.56. The van der Waals surface area contributed by atoms with E-state index in [0.717, 1.165) is 78.0 Å². The van der Waals surface area contributed by atoms with E-state index in [1.807, 2.05) is 0 Å². The highest BCUT2D eigenvalue weighted by atomic mass is 35.5. The van der Waals surface area contributed by atoms with Crippen LogP contribution in [0, 0.1) is 5.92 Å². The number of halogens is 2. The normalized spacial score (nSPS) is 27.7. The highest BCUT2D eigenvalue weighted by Crippen LogP contribution is 2.29. The molecule has 142 valence electrons. The first-order chi connectivity index (χ1) is 10.7. The molecule has 2 heterocycles. The van der Waals surface area contributed by atoms with E-state index in [1.54, 1.807) is 0 Å². The third kappa shape index (κ3) is 5.46. The number of rotatable bonds is 3. The van der Waals surface area contributed by atoms with Gasteiger partial charge in [-0.25, -0.2) is 0 Å². The van der Waals surface area contributed by atoms with Gasteiger partial charge in [-0.15, -0.1) is 24.8 Å². The first-order valence-corrected chi connectivity index (χ1v) is 9.06. The predicted molar refractivity (Wildman–Crippen MR) is 101 cm³/mol. The SMILES string of the molecule is Cl.Cl.NC1(C(=O)N2CCCC(CN3CCOCC3)C2)CCCCC1. The molecule has 0 aromatic heterocycles.